The molecule has 0 amide bonds. The van der Waals surface area contributed by atoms with E-state index >= 15 is 0 Å². The molecule has 18 heavy (non-hydrogen) atoms. The SMILES string of the molecule is CSC(N)=NCc1ccc(-c2ccccc2)cc1. The van der Waals surface area contributed by atoms with Crippen LogP contribution in [0.25, 0.3) is 11.1 Å². The minimum Gasteiger partial charge on any atom is -0.379 e. The molecule has 0 unspecified atom stereocenters. The van der Waals surface area contributed by atoms with Gasteiger partial charge in [-0.3, -0.25) is 4.99 Å². The van der Waals surface area contributed by atoms with Gasteiger partial charge in [-0.1, -0.05) is 66.4 Å². The van der Waals surface area contributed by atoms with E-state index in [0.717, 1.165) is 0 Å². The third kappa shape index (κ3) is 3.37. The van der Waals surface area contributed by atoms with E-state index in [9.17, 15) is 0 Å². The molecular formula is C15H16N2S. The fraction of sp³-hybridized carbons (Fsp3) is 0.133. The molecule has 0 aliphatic heterocycles. The predicted molar refractivity (Wildman–Crippen MR) is 80.7 cm³/mol. The summed E-state index contributed by atoms with van der Waals surface area (Å²) < 4.78 is 0. The number of hydrogen-bond acceptors (Lipinski definition) is 2. The van der Waals surface area contributed by atoms with E-state index in [1.54, 1.807) is 0 Å². The highest BCUT2D eigenvalue weighted by molar-refractivity contribution is 8.13. The lowest BCUT2D eigenvalue weighted by atomic mass is 10.0. The number of benzene rings is 2. The molecule has 2 nitrogen and oxygen atoms in total. The number of aliphatic imine (C=N–C) groups is 1. The first kappa shape index (κ1) is 12.7. The topological polar surface area (TPSA) is 38.4 Å². The van der Waals surface area contributed by atoms with E-state index in [-0.39, 0.29) is 0 Å². The van der Waals surface area contributed by atoms with Crippen LogP contribution in [0.2, 0.25) is 0 Å². The lowest BCUT2D eigenvalue weighted by Gasteiger charge is -2.03. The summed E-state index contributed by atoms with van der Waals surface area (Å²) in [5, 5.41) is 0.627. The van der Waals surface area contributed by atoms with Gasteiger partial charge in [0.05, 0.1) is 6.54 Å². The van der Waals surface area contributed by atoms with Gasteiger partial charge in [-0.05, 0) is 22.9 Å². The summed E-state index contributed by atoms with van der Waals surface area (Å²) >= 11 is 1.47. The second kappa shape index (κ2) is 6.26. The Morgan fingerprint density at radius 2 is 1.61 bits per heavy atom. The molecule has 2 N–H and O–H groups in total. The molecule has 2 aromatic rings. The highest BCUT2D eigenvalue weighted by Crippen LogP contribution is 2.19. The minimum absolute atomic E-state index is 0.627. The number of hydrogen-bond donors (Lipinski definition) is 1. The molecule has 0 atom stereocenters. The van der Waals surface area contributed by atoms with Gasteiger partial charge in [-0.15, -0.1) is 0 Å². The Hall–Kier alpha value is -1.74. The van der Waals surface area contributed by atoms with E-state index in [4.69, 9.17) is 5.73 Å². The van der Waals surface area contributed by atoms with E-state index in [0.29, 0.717) is 11.7 Å². The molecule has 2 rings (SSSR count). The first-order valence-electron chi connectivity index (χ1n) is 5.78. The van der Waals surface area contributed by atoms with E-state index in [2.05, 4.69) is 41.4 Å². The minimum atomic E-state index is 0.627. The fourth-order valence-corrected chi connectivity index (χ4v) is 1.86. The van der Waals surface area contributed by atoms with Crippen LogP contribution in [0, 0.1) is 0 Å². The Balaban J connectivity index is 2.11. The van der Waals surface area contributed by atoms with Gasteiger partial charge in [0.2, 0.25) is 0 Å². The maximum Gasteiger partial charge on any atom is 0.153 e. The van der Waals surface area contributed by atoms with Crippen LogP contribution in [0.1, 0.15) is 5.56 Å². The average molecular weight is 256 g/mol. The number of thioether (sulfide) groups is 1. The first-order chi connectivity index (χ1) is 8.79. The van der Waals surface area contributed by atoms with Crippen LogP contribution in [-0.4, -0.2) is 11.4 Å². The second-order valence-corrected chi connectivity index (χ2v) is 4.75. The van der Waals surface area contributed by atoms with E-state index in [1.165, 1.54) is 28.5 Å². The first-order valence-corrected chi connectivity index (χ1v) is 7.00. The second-order valence-electron chi connectivity index (χ2n) is 3.92. The molecule has 0 saturated heterocycles. The predicted octanol–water partition coefficient (Wildman–Crippen LogP) is 3.53. The van der Waals surface area contributed by atoms with Crippen molar-refractivity contribution < 1.29 is 0 Å². The molecule has 92 valence electrons. The monoisotopic (exact) mass is 256 g/mol. The summed E-state index contributed by atoms with van der Waals surface area (Å²) in [6.07, 6.45) is 1.93. The molecule has 0 aliphatic rings. The van der Waals surface area contributed by atoms with Crippen molar-refractivity contribution in [3.05, 3.63) is 60.2 Å². The summed E-state index contributed by atoms with van der Waals surface area (Å²) in [6, 6.07) is 18.8. The quantitative estimate of drug-likeness (QED) is 0.674. The van der Waals surface area contributed by atoms with Crippen LogP contribution in [-0.2, 0) is 6.54 Å². The molecule has 0 radical (unpaired) electrons. The van der Waals surface area contributed by atoms with Crippen molar-refractivity contribution in [2.45, 2.75) is 6.54 Å². The summed E-state index contributed by atoms with van der Waals surface area (Å²) in [4.78, 5) is 4.27. The van der Waals surface area contributed by atoms with Gasteiger partial charge < -0.3 is 5.73 Å². The number of amidine groups is 1. The third-order valence-corrected chi connectivity index (χ3v) is 3.24. The summed E-state index contributed by atoms with van der Waals surface area (Å²) in [6.45, 7) is 0.641. The van der Waals surface area contributed by atoms with Crippen LogP contribution in [0.15, 0.2) is 59.6 Å². The Labute approximate surface area is 112 Å². The zero-order valence-corrected chi connectivity index (χ0v) is 11.2. The van der Waals surface area contributed by atoms with E-state index < -0.39 is 0 Å². The van der Waals surface area contributed by atoms with Crippen molar-refractivity contribution in [3.8, 4) is 11.1 Å². The van der Waals surface area contributed by atoms with Gasteiger partial charge in [0.1, 0.15) is 0 Å². The maximum atomic E-state index is 5.65. The molecule has 0 aliphatic carbocycles. The Bertz CT molecular complexity index is 518. The maximum absolute atomic E-state index is 5.65. The van der Waals surface area contributed by atoms with Crippen molar-refractivity contribution in [1.29, 1.82) is 0 Å². The third-order valence-electron chi connectivity index (χ3n) is 2.69. The molecule has 3 heteroatoms. The largest absolute Gasteiger partial charge is 0.379 e. The molecule has 0 saturated carbocycles. The molecule has 0 spiro atoms. The number of rotatable bonds is 3. The zero-order valence-electron chi connectivity index (χ0n) is 10.3. The lowest BCUT2D eigenvalue weighted by molar-refractivity contribution is 1.07. The molecule has 0 fully saturated rings. The highest BCUT2D eigenvalue weighted by atomic mass is 32.2. The normalized spacial score (nSPS) is 11.5. The Kier molecular flexibility index (Phi) is 4.42. The lowest BCUT2D eigenvalue weighted by Crippen LogP contribution is -2.05. The van der Waals surface area contributed by atoms with Gasteiger partial charge in [0.25, 0.3) is 0 Å². The van der Waals surface area contributed by atoms with Gasteiger partial charge in [0, 0.05) is 0 Å². The molecule has 0 bridgehead atoms. The molecule has 0 aromatic heterocycles. The Morgan fingerprint density at radius 3 is 2.22 bits per heavy atom. The van der Waals surface area contributed by atoms with Crippen molar-refractivity contribution in [3.63, 3.8) is 0 Å². The van der Waals surface area contributed by atoms with Crippen LogP contribution in [0.4, 0.5) is 0 Å². The van der Waals surface area contributed by atoms with Crippen molar-refractivity contribution in [2.75, 3.05) is 6.26 Å². The van der Waals surface area contributed by atoms with Crippen molar-refractivity contribution >= 4 is 16.9 Å². The fourth-order valence-electron chi connectivity index (χ4n) is 1.67. The van der Waals surface area contributed by atoms with Gasteiger partial charge in [-0.2, -0.15) is 0 Å². The summed E-state index contributed by atoms with van der Waals surface area (Å²) in [5.74, 6) is 0. The number of nitrogens with zero attached hydrogens (tertiary/aromatic N) is 1. The average Bonchev–Trinajstić information content (AvgIpc) is 2.46. The van der Waals surface area contributed by atoms with Gasteiger partial charge in [0.15, 0.2) is 5.17 Å². The zero-order chi connectivity index (χ0) is 12.8. The highest BCUT2D eigenvalue weighted by Gasteiger charge is 1.97. The smallest absolute Gasteiger partial charge is 0.153 e. The van der Waals surface area contributed by atoms with Crippen LogP contribution in [0.5, 0.6) is 0 Å². The Morgan fingerprint density at radius 1 is 1.00 bits per heavy atom. The van der Waals surface area contributed by atoms with E-state index in [1.807, 2.05) is 24.5 Å². The van der Waals surface area contributed by atoms with Crippen molar-refractivity contribution in [2.24, 2.45) is 10.7 Å². The van der Waals surface area contributed by atoms with Gasteiger partial charge >= 0.3 is 0 Å². The summed E-state index contributed by atoms with van der Waals surface area (Å²) in [5.41, 5.74) is 9.28. The van der Waals surface area contributed by atoms with Crippen molar-refractivity contribution in [1.82, 2.24) is 0 Å². The molecular weight excluding hydrogens is 240 g/mol. The number of nitrogens with two attached hydrogens (primary N) is 1. The summed E-state index contributed by atoms with van der Waals surface area (Å²) in [7, 11) is 0. The van der Waals surface area contributed by atoms with Crippen LogP contribution >= 0.6 is 11.8 Å². The molecule has 2 aromatic carbocycles. The van der Waals surface area contributed by atoms with Crippen LogP contribution in [0.3, 0.4) is 0 Å². The van der Waals surface area contributed by atoms with Crippen LogP contribution < -0.4 is 5.73 Å². The van der Waals surface area contributed by atoms with Gasteiger partial charge in [-0.25, -0.2) is 0 Å². The molecule has 0 heterocycles. The standard InChI is InChI=1S/C15H16N2S/c1-18-15(16)17-11-12-7-9-14(10-8-12)13-5-3-2-4-6-13/h2-10H,11H2,1H3,(H2,16,17).